The summed E-state index contributed by atoms with van der Waals surface area (Å²) in [5.74, 6) is -0.350. The van der Waals surface area contributed by atoms with E-state index >= 15 is 0 Å². The van der Waals surface area contributed by atoms with Crippen molar-refractivity contribution < 1.29 is 19.1 Å². The summed E-state index contributed by atoms with van der Waals surface area (Å²) in [6.07, 6.45) is 0.211. The van der Waals surface area contributed by atoms with Gasteiger partial charge in [-0.15, -0.1) is 0 Å². The second-order valence-corrected chi connectivity index (χ2v) is 4.02. The average molecular weight is 249 g/mol. The van der Waals surface area contributed by atoms with Gasteiger partial charge in [0.25, 0.3) is 5.91 Å². The van der Waals surface area contributed by atoms with Gasteiger partial charge in [0.05, 0.1) is 20.1 Å². The van der Waals surface area contributed by atoms with Gasteiger partial charge in [0.15, 0.2) is 0 Å². The summed E-state index contributed by atoms with van der Waals surface area (Å²) in [6, 6.07) is 7.35. The zero-order valence-corrected chi connectivity index (χ0v) is 10.2. The topological polar surface area (TPSA) is 55.8 Å². The van der Waals surface area contributed by atoms with Crippen molar-refractivity contribution in [1.82, 2.24) is 0 Å². The molecule has 0 saturated carbocycles. The van der Waals surface area contributed by atoms with E-state index in [-0.39, 0.29) is 24.9 Å². The standard InChI is InChI=1S/C13H15NO4/c1-17-13(16)8-10-3-2-4-11(7-10)14-5-6-18-9-12(14)15/h2-4,7H,5-6,8-9H2,1H3. The lowest BCUT2D eigenvalue weighted by atomic mass is 10.1. The molecular formula is C13H15NO4. The van der Waals surface area contributed by atoms with Gasteiger partial charge in [-0.2, -0.15) is 0 Å². The highest BCUT2D eigenvalue weighted by atomic mass is 16.5. The van der Waals surface area contributed by atoms with E-state index < -0.39 is 0 Å². The number of benzene rings is 1. The molecule has 0 unspecified atom stereocenters. The number of hydrogen-bond donors (Lipinski definition) is 0. The summed E-state index contributed by atoms with van der Waals surface area (Å²) in [6.45, 7) is 1.19. The van der Waals surface area contributed by atoms with E-state index in [0.717, 1.165) is 11.3 Å². The summed E-state index contributed by atoms with van der Waals surface area (Å²) < 4.78 is 9.70. The number of morpholine rings is 1. The predicted molar refractivity (Wildman–Crippen MR) is 65.3 cm³/mol. The Bertz CT molecular complexity index is 458. The number of anilines is 1. The Morgan fingerprint density at radius 3 is 3.06 bits per heavy atom. The Kier molecular flexibility index (Phi) is 3.94. The smallest absolute Gasteiger partial charge is 0.309 e. The monoisotopic (exact) mass is 249 g/mol. The fourth-order valence-electron chi connectivity index (χ4n) is 1.86. The van der Waals surface area contributed by atoms with Crippen LogP contribution in [0.4, 0.5) is 5.69 Å². The third-order valence-electron chi connectivity index (χ3n) is 2.78. The van der Waals surface area contributed by atoms with Gasteiger partial charge in [0, 0.05) is 12.2 Å². The lowest BCUT2D eigenvalue weighted by Crippen LogP contribution is -2.41. The zero-order valence-electron chi connectivity index (χ0n) is 10.2. The fraction of sp³-hybridized carbons (Fsp3) is 0.385. The molecule has 1 aliphatic rings. The maximum Gasteiger partial charge on any atom is 0.309 e. The van der Waals surface area contributed by atoms with Crippen LogP contribution >= 0.6 is 0 Å². The van der Waals surface area contributed by atoms with E-state index in [4.69, 9.17) is 4.74 Å². The first kappa shape index (κ1) is 12.6. The van der Waals surface area contributed by atoms with Crippen LogP contribution in [0.2, 0.25) is 0 Å². The van der Waals surface area contributed by atoms with E-state index in [1.54, 1.807) is 4.90 Å². The van der Waals surface area contributed by atoms with Crippen LogP contribution in [0.5, 0.6) is 0 Å². The van der Waals surface area contributed by atoms with Crippen LogP contribution in [0.25, 0.3) is 0 Å². The van der Waals surface area contributed by atoms with Crippen molar-refractivity contribution in [2.24, 2.45) is 0 Å². The predicted octanol–water partition coefficient (Wildman–Crippen LogP) is 0.765. The summed E-state index contributed by atoms with van der Waals surface area (Å²) in [5, 5.41) is 0. The molecule has 18 heavy (non-hydrogen) atoms. The molecule has 1 aromatic rings. The summed E-state index contributed by atoms with van der Waals surface area (Å²) in [4.78, 5) is 24.6. The van der Waals surface area contributed by atoms with Crippen LogP contribution in [0.15, 0.2) is 24.3 Å². The number of hydrogen-bond acceptors (Lipinski definition) is 4. The van der Waals surface area contributed by atoms with E-state index in [2.05, 4.69) is 4.74 Å². The van der Waals surface area contributed by atoms with Gasteiger partial charge in [-0.1, -0.05) is 12.1 Å². The molecule has 1 aliphatic heterocycles. The van der Waals surface area contributed by atoms with Gasteiger partial charge in [-0.05, 0) is 17.7 Å². The lowest BCUT2D eigenvalue weighted by Gasteiger charge is -2.27. The molecule has 0 bridgehead atoms. The van der Waals surface area contributed by atoms with Gasteiger partial charge in [0.1, 0.15) is 6.61 Å². The molecule has 1 aromatic carbocycles. The summed E-state index contributed by atoms with van der Waals surface area (Å²) in [5.41, 5.74) is 1.63. The Balaban J connectivity index is 2.15. The molecule has 1 amide bonds. The van der Waals surface area contributed by atoms with Gasteiger partial charge < -0.3 is 14.4 Å². The largest absolute Gasteiger partial charge is 0.469 e. The van der Waals surface area contributed by atoms with Crippen LogP contribution < -0.4 is 4.90 Å². The minimum absolute atomic E-state index is 0.0588. The molecule has 96 valence electrons. The molecule has 2 rings (SSSR count). The third kappa shape index (κ3) is 2.87. The molecule has 0 spiro atoms. The number of carbonyl (C=O) groups excluding carboxylic acids is 2. The molecule has 0 aromatic heterocycles. The average Bonchev–Trinajstić information content (AvgIpc) is 2.39. The molecule has 1 heterocycles. The molecule has 0 aliphatic carbocycles. The molecule has 0 N–H and O–H groups in total. The van der Waals surface area contributed by atoms with E-state index in [1.807, 2.05) is 24.3 Å². The normalized spacial score (nSPS) is 15.6. The van der Waals surface area contributed by atoms with Gasteiger partial charge in [-0.3, -0.25) is 9.59 Å². The number of carbonyl (C=O) groups is 2. The lowest BCUT2D eigenvalue weighted by molar-refractivity contribution is -0.139. The Morgan fingerprint density at radius 2 is 2.33 bits per heavy atom. The quantitative estimate of drug-likeness (QED) is 0.742. The second-order valence-electron chi connectivity index (χ2n) is 4.02. The second kappa shape index (κ2) is 5.64. The number of nitrogens with zero attached hydrogens (tertiary/aromatic N) is 1. The first-order valence-corrected chi connectivity index (χ1v) is 5.74. The first-order chi connectivity index (χ1) is 8.70. The minimum Gasteiger partial charge on any atom is -0.469 e. The number of methoxy groups -OCH3 is 1. The number of esters is 1. The van der Waals surface area contributed by atoms with Crippen LogP contribution in [-0.4, -0.2) is 38.7 Å². The van der Waals surface area contributed by atoms with Crippen molar-refractivity contribution in [2.45, 2.75) is 6.42 Å². The molecule has 0 radical (unpaired) electrons. The van der Waals surface area contributed by atoms with Crippen molar-refractivity contribution in [3.05, 3.63) is 29.8 Å². The van der Waals surface area contributed by atoms with Crippen LogP contribution in [0.3, 0.4) is 0 Å². The van der Waals surface area contributed by atoms with E-state index in [9.17, 15) is 9.59 Å². The van der Waals surface area contributed by atoms with Crippen molar-refractivity contribution in [2.75, 3.05) is 31.8 Å². The number of ether oxygens (including phenoxy) is 2. The summed E-state index contributed by atoms with van der Waals surface area (Å²) in [7, 11) is 1.36. The van der Waals surface area contributed by atoms with Gasteiger partial charge in [0.2, 0.25) is 0 Å². The molecule has 0 atom stereocenters. The fourth-order valence-corrected chi connectivity index (χ4v) is 1.86. The zero-order chi connectivity index (χ0) is 13.0. The van der Waals surface area contributed by atoms with Crippen molar-refractivity contribution in [3.8, 4) is 0 Å². The van der Waals surface area contributed by atoms with Gasteiger partial charge >= 0.3 is 5.97 Å². The van der Waals surface area contributed by atoms with Crippen molar-refractivity contribution in [3.63, 3.8) is 0 Å². The number of rotatable bonds is 3. The van der Waals surface area contributed by atoms with E-state index in [1.165, 1.54) is 7.11 Å². The Hall–Kier alpha value is -1.88. The molecule has 5 nitrogen and oxygen atoms in total. The highest BCUT2D eigenvalue weighted by Gasteiger charge is 2.20. The molecule has 5 heteroatoms. The highest BCUT2D eigenvalue weighted by Crippen LogP contribution is 2.18. The molecule has 1 saturated heterocycles. The maximum atomic E-state index is 11.7. The van der Waals surface area contributed by atoms with E-state index in [0.29, 0.717) is 13.2 Å². The maximum absolute atomic E-state index is 11.7. The highest BCUT2D eigenvalue weighted by molar-refractivity contribution is 5.95. The van der Waals surface area contributed by atoms with Crippen LogP contribution in [-0.2, 0) is 25.5 Å². The summed E-state index contributed by atoms with van der Waals surface area (Å²) >= 11 is 0. The Labute approximate surface area is 105 Å². The number of amides is 1. The van der Waals surface area contributed by atoms with Gasteiger partial charge in [-0.25, -0.2) is 0 Å². The molecule has 1 fully saturated rings. The van der Waals surface area contributed by atoms with Crippen molar-refractivity contribution >= 4 is 17.6 Å². The third-order valence-corrected chi connectivity index (χ3v) is 2.78. The SMILES string of the molecule is COC(=O)Cc1cccc(N2CCOCC2=O)c1. The van der Waals surface area contributed by atoms with Crippen molar-refractivity contribution in [1.29, 1.82) is 0 Å². The van der Waals surface area contributed by atoms with Crippen LogP contribution in [0, 0.1) is 0 Å². The Morgan fingerprint density at radius 1 is 1.50 bits per heavy atom. The molecular weight excluding hydrogens is 234 g/mol. The minimum atomic E-state index is -0.291. The van der Waals surface area contributed by atoms with Crippen LogP contribution in [0.1, 0.15) is 5.56 Å². The first-order valence-electron chi connectivity index (χ1n) is 5.74.